The highest BCUT2D eigenvalue weighted by molar-refractivity contribution is 6.33. The van der Waals surface area contributed by atoms with E-state index in [1.807, 2.05) is 13.0 Å². The molecule has 2 bridgehead atoms. The third kappa shape index (κ3) is 1.26. The van der Waals surface area contributed by atoms with E-state index in [1.54, 1.807) is 6.07 Å². The van der Waals surface area contributed by atoms with Crippen molar-refractivity contribution >= 4 is 23.0 Å². The molecule has 3 aliphatic carbocycles. The lowest BCUT2D eigenvalue weighted by atomic mass is 9.71. The molecule has 2 atom stereocenters. The van der Waals surface area contributed by atoms with E-state index in [0.717, 1.165) is 42.4 Å². The number of aromatic hydroxyl groups is 1. The Hall–Kier alpha value is -1.28. The first-order valence-electron chi connectivity index (χ1n) is 6.80. The van der Waals surface area contributed by atoms with Gasteiger partial charge in [-0.1, -0.05) is 17.7 Å². The van der Waals surface area contributed by atoms with E-state index >= 15 is 0 Å². The second-order valence-corrected chi connectivity index (χ2v) is 6.56. The van der Waals surface area contributed by atoms with Crippen LogP contribution in [0, 0.1) is 11.3 Å². The van der Waals surface area contributed by atoms with Crippen molar-refractivity contribution in [3.05, 3.63) is 33.9 Å². The first-order valence-corrected chi connectivity index (χ1v) is 7.17. The molecule has 0 heterocycles. The second kappa shape index (κ2) is 3.43. The number of ketones is 1. The summed E-state index contributed by atoms with van der Waals surface area (Å²) in [7, 11) is 0. The van der Waals surface area contributed by atoms with E-state index < -0.39 is 0 Å². The molecular formula is C16H15ClO2. The van der Waals surface area contributed by atoms with E-state index in [4.69, 9.17) is 11.6 Å². The molecule has 0 radical (unpaired) electrons. The topological polar surface area (TPSA) is 37.3 Å². The third-order valence-electron chi connectivity index (χ3n) is 5.26. The zero-order valence-electron chi connectivity index (χ0n) is 10.8. The molecule has 1 N–H and O–H groups in total. The van der Waals surface area contributed by atoms with Gasteiger partial charge >= 0.3 is 0 Å². The molecule has 3 heteroatoms. The minimum Gasteiger partial charge on any atom is -0.506 e. The summed E-state index contributed by atoms with van der Waals surface area (Å²) in [4.78, 5) is 12.3. The van der Waals surface area contributed by atoms with Gasteiger partial charge in [0, 0.05) is 11.3 Å². The molecule has 0 unspecified atom stereocenters. The minimum absolute atomic E-state index is 0.114. The fourth-order valence-electron chi connectivity index (χ4n) is 4.50. The maximum atomic E-state index is 12.3. The number of rotatable bonds is 0. The van der Waals surface area contributed by atoms with Crippen LogP contribution in [0.1, 0.15) is 37.3 Å². The van der Waals surface area contributed by atoms with Crippen molar-refractivity contribution in [1.82, 2.24) is 0 Å². The Morgan fingerprint density at radius 3 is 3.00 bits per heavy atom. The summed E-state index contributed by atoms with van der Waals surface area (Å²) < 4.78 is 0. The highest BCUT2D eigenvalue weighted by atomic mass is 35.5. The van der Waals surface area contributed by atoms with Crippen LogP contribution in [-0.4, -0.2) is 10.9 Å². The molecule has 3 aliphatic rings. The van der Waals surface area contributed by atoms with Crippen LogP contribution in [0.25, 0.3) is 5.57 Å². The molecule has 4 rings (SSSR count). The number of halogens is 1. The van der Waals surface area contributed by atoms with Crippen molar-refractivity contribution in [2.75, 3.05) is 0 Å². The lowest BCUT2D eigenvalue weighted by Crippen LogP contribution is -2.26. The van der Waals surface area contributed by atoms with Crippen LogP contribution < -0.4 is 0 Å². The largest absolute Gasteiger partial charge is 0.506 e. The predicted molar refractivity (Wildman–Crippen MR) is 74.2 cm³/mol. The maximum Gasteiger partial charge on any atom is 0.161 e. The Balaban J connectivity index is 2.03. The Morgan fingerprint density at radius 2 is 2.21 bits per heavy atom. The first kappa shape index (κ1) is 11.5. The standard InChI is InChI=1S/C16H15ClO2/c1-8-13-10-2-3-12(18)14(17)11(10)7-16(13)5-4-9(6-16)15(8)19/h2-3,9,18H,4-7H2,1H3/t9-,16+/m1/s1. The average Bonchev–Trinajstić information content (AvgIpc) is 2.93. The predicted octanol–water partition coefficient (Wildman–Crippen LogP) is 3.74. The lowest BCUT2D eigenvalue weighted by molar-refractivity contribution is -0.119. The van der Waals surface area contributed by atoms with Gasteiger partial charge < -0.3 is 5.11 Å². The molecule has 0 saturated heterocycles. The zero-order chi connectivity index (χ0) is 13.4. The smallest absolute Gasteiger partial charge is 0.161 e. The van der Waals surface area contributed by atoms with Crippen molar-refractivity contribution in [2.45, 2.75) is 32.6 Å². The van der Waals surface area contributed by atoms with Crippen molar-refractivity contribution in [1.29, 1.82) is 0 Å². The highest BCUT2D eigenvalue weighted by Crippen LogP contribution is 2.63. The quantitative estimate of drug-likeness (QED) is 0.782. The number of Topliss-reactive ketones (excluding diaryl/α,β-unsaturated/α-hetero) is 1. The number of phenols is 1. The van der Waals surface area contributed by atoms with E-state index in [9.17, 15) is 9.90 Å². The molecule has 0 aliphatic heterocycles. The van der Waals surface area contributed by atoms with Crippen LogP contribution >= 0.6 is 11.6 Å². The fraction of sp³-hybridized carbons (Fsp3) is 0.438. The van der Waals surface area contributed by atoms with Gasteiger partial charge in [-0.2, -0.15) is 0 Å². The van der Waals surface area contributed by atoms with Crippen LogP contribution in [0.4, 0.5) is 0 Å². The number of benzene rings is 1. The first-order chi connectivity index (χ1) is 9.03. The zero-order valence-corrected chi connectivity index (χ0v) is 11.5. The number of hydrogen-bond donors (Lipinski definition) is 1. The number of carbonyl (C=O) groups is 1. The molecule has 0 amide bonds. The average molecular weight is 275 g/mol. The molecule has 0 aromatic heterocycles. The Morgan fingerprint density at radius 1 is 1.42 bits per heavy atom. The van der Waals surface area contributed by atoms with E-state index in [-0.39, 0.29) is 17.1 Å². The molecule has 19 heavy (non-hydrogen) atoms. The molecule has 1 fully saturated rings. The molecule has 1 aromatic rings. The van der Waals surface area contributed by atoms with Crippen LogP contribution in [-0.2, 0) is 11.2 Å². The van der Waals surface area contributed by atoms with Gasteiger partial charge in [-0.05, 0) is 60.9 Å². The molecule has 2 nitrogen and oxygen atoms in total. The summed E-state index contributed by atoms with van der Waals surface area (Å²) in [5, 5.41) is 10.3. The molecule has 1 aromatic carbocycles. The van der Waals surface area contributed by atoms with Gasteiger partial charge in [0.05, 0.1) is 5.02 Å². The Kier molecular flexibility index (Phi) is 2.08. The summed E-state index contributed by atoms with van der Waals surface area (Å²) in [6.07, 6.45) is 3.91. The van der Waals surface area contributed by atoms with Gasteiger partial charge in [-0.25, -0.2) is 0 Å². The molecule has 98 valence electrons. The van der Waals surface area contributed by atoms with Crippen molar-refractivity contribution < 1.29 is 9.90 Å². The lowest BCUT2D eigenvalue weighted by Gasteiger charge is -2.31. The summed E-state index contributed by atoms with van der Waals surface area (Å²) in [5.41, 5.74) is 4.38. The van der Waals surface area contributed by atoms with Gasteiger partial charge in [0.2, 0.25) is 0 Å². The fourth-order valence-corrected chi connectivity index (χ4v) is 4.73. The van der Waals surface area contributed by atoms with Crippen LogP contribution in [0.3, 0.4) is 0 Å². The number of fused-ring (bicyclic) bond motifs is 3. The Labute approximate surface area is 117 Å². The summed E-state index contributed by atoms with van der Waals surface area (Å²) in [6, 6.07) is 3.57. The van der Waals surface area contributed by atoms with Crippen LogP contribution in [0.15, 0.2) is 17.7 Å². The third-order valence-corrected chi connectivity index (χ3v) is 5.68. The van der Waals surface area contributed by atoms with Gasteiger partial charge in [-0.15, -0.1) is 0 Å². The summed E-state index contributed by atoms with van der Waals surface area (Å²) >= 11 is 6.26. The van der Waals surface area contributed by atoms with Crippen LogP contribution in [0.5, 0.6) is 5.75 Å². The molecule has 1 saturated carbocycles. The number of allylic oxidation sites excluding steroid dienone is 2. The maximum absolute atomic E-state index is 12.3. The normalized spacial score (nSPS) is 31.7. The minimum atomic E-state index is 0.114. The number of phenolic OH excluding ortho intramolecular Hbond substituents is 1. The van der Waals surface area contributed by atoms with E-state index in [1.165, 1.54) is 5.57 Å². The molecular weight excluding hydrogens is 260 g/mol. The van der Waals surface area contributed by atoms with Crippen molar-refractivity contribution in [3.8, 4) is 5.75 Å². The summed E-state index contributed by atoms with van der Waals surface area (Å²) in [6.45, 7) is 1.96. The summed E-state index contributed by atoms with van der Waals surface area (Å²) in [5.74, 6) is 0.681. The van der Waals surface area contributed by atoms with Gasteiger partial charge in [0.15, 0.2) is 5.78 Å². The number of hydrogen-bond acceptors (Lipinski definition) is 2. The van der Waals surface area contributed by atoms with E-state index in [0.29, 0.717) is 10.8 Å². The van der Waals surface area contributed by atoms with Gasteiger partial charge in [0.25, 0.3) is 0 Å². The monoisotopic (exact) mass is 274 g/mol. The van der Waals surface area contributed by atoms with Crippen LogP contribution in [0.2, 0.25) is 5.02 Å². The number of carbonyl (C=O) groups excluding carboxylic acids is 1. The van der Waals surface area contributed by atoms with E-state index in [2.05, 4.69) is 0 Å². The Bertz CT molecular complexity index is 659. The second-order valence-electron chi connectivity index (χ2n) is 6.19. The SMILES string of the molecule is CC1=C2c3ccc(O)c(Cl)c3C[C@@]23CC[C@H](C3)C1=O. The van der Waals surface area contributed by atoms with Gasteiger partial charge in [0.1, 0.15) is 5.75 Å². The molecule has 1 spiro atoms. The van der Waals surface area contributed by atoms with Crippen molar-refractivity contribution in [3.63, 3.8) is 0 Å². The van der Waals surface area contributed by atoms with Gasteiger partial charge in [-0.3, -0.25) is 4.79 Å². The van der Waals surface area contributed by atoms with Crippen molar-refractivity contribution in [2.24, 2.45) is 11.3 Å². The highest BCUT2D eigenvalue weighted by Gasteiger charge is 2.53.